The van der Waals surface area contributed by atoms with Crippen molar-refractivity contribution in [1.82, 2.24) is 0 Å². The van der Waals surface area contributed by atoms with Gasteiger partial charge in [-0.2, -0.15) is 0 Å². The fourth-order valence-electron chi connectivity index (χ4n) is 5.24. The van der Waals surface area contributed by atoms with Crippen LogP contribution < -0.4 is 9.47 Å². The third kappa shape index (κ3) is 5.71. The minimum atomic E-state index is -1.10. The molecule has 2 N–H and O–H groups in total. The summed E-state index contributed by atoms with van der Waals surface area (Å²) in [6, 6.07) is 17.7. The predicted octanol–water partition coefficient (Wildman–Crippen LogP) is 6.88. The van der Waals surface area contributed by atoms with E-state index in [1.165, 1.54) is 6.07 Å². The Morgan fingerprint density at radius 2 is 1.89 bits per heavy atom. The van der Waals surface area contributed by atoms with Crippen LogP contribution in [0.3, 0.4) is 0 Å². The molecule has 2 atom stereocenters. The summed E-state index contributed by atoms with van der Waals surface area (Å²) in [7, 11) is 1.58. The Hall–Kier alpha value is -3.38. The van der Waals surface area contributed by atoms with E-state index < -0.39 is 12.1 Å². The standard InChI is InChI=1S/C30H33FO5/c1-30(2)13-5-8-26(30)24-14-19(9-11-23(24)25-16-21(35-3)10-12-27(25)31)18-36-22-7-4-6-20(15-22)28(32)17-29(33)34/h4,6-7,9-12,14-16,26,28,32H,5,8,13,17-18H2,1-3H3,(H,33,34)/t26-,28-/m1/s1. The lowest BCUT2D eigenvalue weighted by atomic mass is 9.75. The van der Waals surface area contributed by atoms with E-state index in [1.54, 1.807) is 43.5 Å². The lowest BCUT2D eigenvalue weighted by molar-refractivity contribution is -0.139. The Balaban J connectivity index is 1.64. The second-order valence-electron chi connectivity index (χ2n) is 10.2. The van der Waals surface area contributed by atoms with Crippen molar-refractivity contribution in [3.05, 3.63) is 83.2 Å². The number of hydrogen-bond acceptors (Lipinski definition) is 4. The molecular formula is C30H33FO5. The van der Waals surface area contributed by atoms with Gasteiger partial charge >= 0.3 is 5.97 Å². The third-order valence-corrected chi connectivity index (χ3v) is 7.23. The van der Waals surface area contributed by atoms with E-state index in [0.717, 1.165) is 36.0 Å². The van der Waals surface area contributed by atoms with E-state index in [-0.39, 0.29) is 23.6 Å². The zero-order valence-corrected chi connectivity index (χ0v) is 21.0. The highest BCUT2D eigenvalue weighted by Crippen LogP contribution is 2.51. The molecule has 3 aromatic rings. The number of benzene rings is 3. The number of aliphatic hydroxyl groups is 1. The van der Waals surface area contributed by atoms with Gasteiger partial charge in [0.2, 0.25) is 0 Å². The number of rotatable bonds is 9. The van der Waals surface area contributed by atoms with Crippen LogP contribution in [0.4, 0.5) is 4.39 Å². The molecule has 3 aromatic carbocycles. The van der Waals surface area contributed by atoms with Gasteiger partial charge in [-0.1, -0.05) is 50.6 Å². The first kappa shape index (κ1) is 25.7. The summed E-state index contributed by atoms with van der Waals surface area (Å²) in [6.07, 6.45) is 1.82. The van der Waals surface area contributed by atoms with E-state index in [1.807, 2.05) is 12.1 Å². The van der Waals surface area contributed by atoms with Crippen molar-refractivity contribution < 1.29 is 28.9 Å². The fraction of sp³-hybridized carbons (Fsp3) is 0.367. The number of carboxylic acid groups (broad SMARTS) is 1. The molecule has 1 fully saturated rings. The van der Waals surface area contributed by atoms with Crippen LogP contribution in [0.25, 0.3) is 11.1 Å². The fourth-order valence-corrected chi connectivity index (χ4v) is 5.24. The lowest BCUT2D eigenvalue weighted by Crippen LogP contribution is -2.17. The van der Waals surface area contributed by atoms with Crippen molar-refractivity contribution in [1.29, 1.82) is 0 Å². The van der Waals surface area contributed by atoms with Gasteiger partial charge in [-0.3, -0.25) is 4.79 Å². The van der Waals surface area contributed by atoms with Gasteiger partial charge in [-0.15, -0.1) is 0 Å². The summed E-state index contributed by atoms with van der Waals surface area (Å²) in [6.45, 7) is 4.83. The minimum Gasteiger partial charge on any atom is -0.497 e. The van der Waals surface area contributed by atoms with Crippen molar-refractivity contribution in [2.24, 2.45) is 5.41 Å². The molecule has 0 radical (unpaired) electrons. The van der Waals surface area contributed by atoms with Crippen molar-refractivity contribution >= 4 is 5.97 Å². The average molecular weight is 493 g/mol. The summed E-state index contributed by atoms with van der Waals surface area (Å²) in [5.41, 5.74) is 4.05. The van der Waals surface area contributed by atoms with E-state index in [4.69, 9.17) is 14.6 Å². The SMILES string of the molecule is COc1ccc(F)c(-c2ccc(COc3cccc([C@H](O)CC(=O)O)c3)cc2[C@H]2CCCC2(C)C)c1. The van der Waals surface area contributed by atoms with Gasteiger partial charge in [0, 0.05) is 5.56 Å². The first-order chi connectivity index (χ1) is 17.2. The van der Waals surface area contributed by atoms with Crippen LogP contribution in [0.15, 0.2) is 60.7 Å². The van der Waals surface area contributed by atoms with Crippen LogP contribution in [-0.2, 0) is 11.4 Å². The van der Waals surface area contributed by atoms with E-state index in [2.05, 4.69) is 19.9 Å². The molecule has 4 rings (SSSR count). The molecule has 1 aliphatic carbocycles. The van der Waals surface area contributed by atoms with Gasteiger partial charge in [0.15, 0.2) is 0 Å². The monoisotopic (exact) mass is 492 g/mol. The molecule has 0 aliphatic heterocycles. The second-order valence-corrected chi connectivity index (χ2v) is 10.2. The molecule has 1 aliphatic rings. The van der Waals surface area contributed by atoms with Crippen LogP contribution in [0.5, 0.6) is 11.5 Å². The first-order valence-corrected chi connectivity index (χ1v) is 12.3. The number of methoxy groups -OCH3 is 1. The Morgan fingerprint density at radius 3 is 2.58 bits per heavy atom. The van der Waals surface area contributed by atoms with Crippen molar-refractivity contribution in [2.45, 2.75) is 58.2 Å². The highest BCUT2D eigenvalue weighted by Gasteiger charge is 2.37. The molecule has 0 saturated heterocycles. The molecule has 190 valence electrons. The zero-order chi connectivity index (χ0) is 25.9. The largest absolute Gasteiger partial charge is 0.497 e. The molecular weight excluding hydrogens is 459 g/mol. The Bertz CT molecular complexity index is 1240. The van der Waals surface area contributed by atoms with Crippen LogP contribution in [0.1, 0.15) is 68.2 Å². The first-order valence-electron chi connectivity index (χ1n) is 12.3. The molecule has 0 heterocycles. The quantitative estimate of drug-likeness (QED) is 0.340. The molecule has 1 saturated carbocycles. The molecule has 0 unspecified atom stereocenters. The second kappa shape index (κ2) is 10.7. The molecule has 36 heavy (non-hydrogen) atoms. The normalized spacial score (nSPS) is 17.5. The highest BCUT2D eigenvalue weighted by atomic mass is 19.1. The van der Waals surface area contributed by atoms with Gasteiger partial charge < -0.3 is 19.7 Å². The Kier molecular flexibility index (Phi) is 7.65. The van der Waals surface area contributed by atoms with Crippen LogP contribution in [0.2, 0.25) is 0 Å². The topological polar surface area (TPSA) is 76.0 Å². The molecule has 6 heteroatoms. The van der Waals surface area contributed by atoms with E-state index in [0.29, 0.717) is 29.2 Å². The summed E-state index contributed by atoms with van der Waals surface area (Å²) in [4.78, 5) is 10.9. The van der Waals surface area contributed by atoms with Crippen LogP contribution >= 0.6 is 0 Å². The molecule has 0 aromatic heterocycles. The smallest absolute Gasteiger partial charge is 0.306 e. The number of carboxylic acids is 1. The van der Waals surface area contributed by atoms with Gasteiger partial charge in [0.1, 0.15) is 23.9 Å². The number of aliphatic hydroxyl groups excluding tert-OH is 1. The number of aliphatic carboxylic acids is 1. The number of halogens is 1. The maximum absolute atomic E-state index is 15.0. The highest BCUT2D eigenvalue weighted by molar-refractivity contribution is 5.71. The Labute approximate surface area is 211 Å². The van der Waals surface area contributed by atoms with Gasteiger partial charge in [0.05, 0.1) is 19.6 Å². The third-order valence-electron chi connectivity index (χ3n) is 7.23. The maximum Gasteiger partial charge on any atom is 0.306 e. The zero-order valence-electron chi connectivity index (χ0n) is 21.0. The molecule has 0 amide bonds. The van der Waals surface area contributed by atoms with Crippen LogP contribution in [0, 0.1) is 11.2 Å². The average Bonchev–Trinajstić information content (AvgIpc) is 3.21. The summed E-state index contributed by atoms with van der Waals surface area (Å²) in [5.74, 6) is 0.0906. The molecule has 0 bridgehead atoms. The minimum absolute atomic E-state index is 0.0954. The summed E-state index contributed by atoms with van der Waals surface area (Å²) in [5, 5.41) is 19.1. The molecule has 5 nitrogen and oxygen atoms in total. The Morgan fingerprint density at radius 1 is 1.08 bits per heavy atom. The predicted molar refractivity (Wildman–Crippen MR) is 137 cm³/mol. The summed E-state index contributed by atoms with van der Waals surface area (Å²) < 4.78 is 26.3. The van der Waals surface area contributed by atoms with E-state index in [9.17, 15) is 14.3 Å². The molecule has 0 spiro atoms. The maximum atomic E-state index is 15.0. The van der Waals surface area contributed by atoms with Gasteiger partial charge in [-0.25, -0.2) is 4.39 Å². The number of hydrogen-bond donors (Lipinski definition) is 2. The van der Waals surface area contributed by atoms with Crippen LogP contribution in [-0.4, -0.2) is 23.3 Å². The van der Waals surface area contributed by atoms with Gasteiger partial charge in [-0.05, 0) is 76.8 Å². The summed E-state index contributed by atoms with van der Waals surface area (Å²) >= 11 is 0. The van der Waals surface area contributed by atoms with Crippen molar-refractivity contribution in [3.8, 4) is 22.6 Å². The van der Waals surface area contributed by atoms with Gasteiger partial charge in [0.25, 0.3) is 0 Å². The van der Waals surface area contributed by atoms with Crippen molar-refractivity contribution in [3.63, 3.8) is 0 Å². The van der Waals surface area contributed by atoms with Crippen molar-refractivity contribution in [2.75, 3.05) is 7.11 Å². The number of carbonyl (C=O) groups is 1. The lowest BCUT2D eigenvalue weighted by Gasteiger charge is -2.30. The number of ether oxygens (including phenoxy) is 2. The van der Waals surface area contributed by atoms with E-state index >= 15 is 0 Å².